The van der Waals surface area contributed by atoms with Crippen molar-refractivity contribution in [2.75, 3.05) is 18.4 Å². The Morgan fingerprint density at radius 3 is 2.83 bits per heavy atom. The van der Waals surface area contributed by atoms with Crippen LogP contribution in [0.3, 0.4) is 0 Å². The minimum absolute atomic E-state index is 0.216. The standard InChI is InChI=1S/C17H22N4OS/c1-12-7-13(2)9-21(8-12)10-14-11-23-17(19-14)20-16(22)15-5-3-4-6-18-15/h3-6,11-13H,7-10H2,1-2H3,(H,19,20,22). The fourth-order valence-electron chi connectivity index (χ4n) is 3.25. The summed E-state index contributed by atoms with van der Waals surface area (Å²) in [5, 5.41) is 5.48. The zero-order valence-electron chi connectivity index (χ0n) is 13.5. The molecule has 2 aromatic rings. The van der Waals surface area contributed by atoms with Crippen LogP contribution in [0, 0.1) is 11.8 Å². The summed E-state index contributed by atoms with van der Waals surface area (Å²) in [7, 11) is 0. The second kappa shape index (κ2) is 7.19. The fraction of sp³-hybridized carbons (Fsp3) is 0.471. The first kappa shape index (κ1) is 16.1. The van der Waals surface area contributed by atoms with Gasteiger partial charge in [0.25, 0.3) is 5.91 Å². The van der Waals surface area contributed by atoms with Crippen molar-refractivity contribution in [3.8, 4) is 0 Å². The monoisotopic (exact) mass is 330 g/mol. The van der Waals surface area contributed by atoms with Gasteiger partial charge in [0.1, 0.15) is 5.69 Å². The number of hydrogen-bond donors (Lipinski definition) is 1. The summed E-state index contributed by atoms with van der Waals surface area (Å²) in [6.07, 6.45) is 2.92. The number of carbonyl (C=O) groups excluding carboxylic acids is 1. The summed E-state index contributed by atoms with van der Waals surface area (Å²) in [5.74, 6) is 1.26. The number of likely N-dealkylation sites (tertiary alicyclic amines) is 1. The number of nitrogens with one attached hydrogen (secondary N) is 1. The average Bonchev–Trinajstić information content (AvgIpc) is 2.94. The minimum atomic E-state index is -0.216. The molecule has 3 rings (SSSR count). The lowest BCUT2D eigenvalue weighted by atomic mass is 9.92. The van der Waals surface area contributed by atoms with Gasteiger partial charge in [-0.3, -0.25) is 20.0 Å². The van der Waals surface area contributed by atoms with Crippen molar-refractivity contribution >= 4 is 22.4 Å². The van der Waals surface area contributed by atoms with E-state index in [1.54, 1.807) is 24.4 Å². The maximum absolute atomic E-state index is 12.1. The van der Waals surface area contributed by atoms with E-state index in [0.29, 0.717) is 10.8 Å². The Bertz CT molecular complexity index is 648. The second-order valence-electron chi connectivity index (χ2n) is 6.45. The molecule has 0 aliphatic carbocycles. The molecule has 3 heterocycles. The summed E-state index contributed by atoms with van der Waals surface area (Å²) in [6.45, 7) is 7.71. The van der Waals surface area contributed by atoms with E-state index in [0.717, 1.165) is 37.2 Å². The first-order valence-corrected chi connectivity index (χ1v) is 8.87. The quantitative estimate of drug-likeness (QED) is 0.935. The number of piperidine rings is 1. The zero-order valence-corrected chi connectivity index (χ0v) is 14.3. The summed E-state index contributed by atoms with van der Waals surface area (Å²) < 4.78 is 0. The Balaban J connectivity index is 1.59. The zero-order chi connectivity index (χ0) is 16.2. The van der Waals surface area contributed by atoms with Crippen LogP contribution >= 0.6 is 11.3 Å². The number of amides is 1. The van der Waals surface area contributed by atoms with Crippen molar-refractivity contribution in [1.82, 2.24) is 14.9 Å². The number of rotatable bonds is 4. The highest BCUT2D eigenvalue weighted by atomic mass is 32.1. The average molecular weight is 330 g/mol. The molecule has 1 fully saturated rings. The first-order chi connectivity index (χ1) is 11.1. The predicted octanol–water partition coefficient (Wildman–Crippen LogP) is 3.27. The van der Waals surface area contributed by atoms with Crippen molar-refractivity contribution in [2.24, 2.45) is 11.8 Å². The lowest BCUT2D eigenvalue weighted by Crippen LogP contribution is -2.38. The number of hydrogen-bond acceptors (Lipinski definition) is 5. The minimum Gasteiger partial charge on any atom is -0.297 e. The van der Waals surface area contributed by atoms with Crippen LogP contribution in [0.1, 0.15) is 36.5 Å². The number of anilines is 1. The van der Waals surface area contributed by atoms with Crippen molar-refractivity contribution < 1.29 is 4.79 Å². The van der Waals surface area contributed by atoms with Crippen LogP contribution in [-0.4, -0.2) is 33.9 Å². The van der Waals surface area contributed by atoms with E-state index in [1.165, 1.54) is 17.8 Å². The molecule has 1 saturated heterocycles. The van der Waals surface area contributed by atoms with Crippen LogP contribution in [0.2, 0.25) is 0 Å². The van der Waals surface area contributed by atoms with Gasteiger partial charge in [-0.25, -0.2) is 4.98 Å². The number of nitrogens with zero attached hydrogens (tertiary/aromatic N) is 3. The lowest BCUT2D eigenvalue weighted by molar-refractivity contribution is 0.102. The van der Waals surface area contributed by atoms with Crippen molar-refractivity contribution in [2.45, 2.75) is 26.8 Å². The summed E-state index contributed by atoms with van der Waals surface area (Å²) in [4.78, 5) is 23.1. The van der Waals surface area contributed by atoms with Gasteiger partial charge in [0.05, 0.1) is 5.69 Å². The smallest absolute Gasteiger partial charge is 0.276 e. The van der Waals surface area contributed by atoms with E-state index in [2.05, 4.69) is 34.0 Å². The van der Waals surface area contributed by atoms with Gasteiger partial charge in [0.15, 0.2) is 5.13 Å². The molecule has 0 bridgehead atoms. The van der Waals surface area contributed by atoms with Gasteiger partial charge in [0, 0.05) is 31.2 Å². The van der Waals surface area contributed by atoms with E-state index >= 15 is 0 Å². The summed E-state index contributed by atoms with van der Waals surface area (Å²) >= 11 is 1.47. The molecule has 1 aliphatic heterocycles. The van der Waals surface area contributed by atoms with Gasteiger partial charge in [-0.1, -0.05) is 19.9 Å². The van der Waals surface area contributed by atoms with Crippen LogP contribution in [0.15, 0.2) is 29.8 Å². The second-order valence-corrected chi connectivity index (χ2v) is 7.31. The van der Waals surface area contributed by atoms with Crippen LogP contribution in [-0.2, 0) is 6.54 Å². The Kier molecular flexibility index (Phi) is 5.03. The van der Waals surface area contributed by atoms with E-state index in [4.69, 9.17) is 0 Å². The third-order valence-electron chi connectivity index (χ3n) is 4.00. The normalized spacial score (nSPS) is 22.0. The van der Waals surface area contributed by atoms with E-state index in [1.807, 2.05) is 5.38 Å². The van der Waals surface area contributed by atoms with E-state index in [9.17, 15) is 4.79 Å². The molecule has 2 aromatic heterocycles. The topological polar surface area (TPSA) is 58.1 Å². The molecule has 1 N–H and O–H groups in total. The Morgan fingerprint density at radius 1 is 1.35 bits per heavy atom. The molecular weight excluding hydrogens is 308 g/mol. The third kappa shape index (κ3) is 4.36. The van der Waals surface area contributed by atoms with Crippen molar-refractivity contribution in [3.63, 3.8) is 0 Å². The molecule has 0 spiro atoms. The molecule has 23 heavy (non-hydrogen) atoms. The molecule has 0 saturated carbocycles. The molecule has 2 unspecified atom stereocenters. The fourth-order valence-corrected chi connectivity index (χ4v) is 3.94. The largest absolute Gasteiger partial charge is 0.297 e. The highest BCUT2D eigenvalue weighted by Gasteiger charge is 2.22. The van der Waals surface area contributed by atoms with Gasteiger partial charge in [-0.15, -0.1) is 11.3 Å². The maximum Gasteiger partial charge on any atom is 0.276 e. The van der Waals surface area contributed by atoms with Crippen LogP contribution in [0.25, 0.3) is 0 Å². The first-order valence-electron chi connectivity index (χ1n) is 7.99. The third-order valence-corrected chi connectivity index (χ3v) is 4.81. The van der Waals surface area contributed by atoms with Crippen LogP contribution in [0.5, 0.6) is 0 Å². The molecule has 5 nitrogen and oxygen atoms in total. The van der Waals surface area contributed by atoms with Gasteiger partial charge in [-0.05, 0) is 30.4 Å². The molecule has 1 amide bonds. The van der Waals surface area contributed by atoms with Gasteiger partial charge in [-0.2, -0.15) is 0 Å². The van der Waals surface area contributed by atoms with Crippen molar-refractivity contribution in [3.05, 3.63) is 41.2 Å². The number of pyridine rings is 1. The molecule has 0 aromatic carbocycles. The number of carbonyl (C=O) groups is 1. The van der Waals surface area contributed by atoms with Gasteiger partial charge >= 0.3 is 0 Å². The highest BCUT2D eigenvalue weighted by Crippen LogP contribution is 2.24. The molecule has 122 valence electrons. The van der Waals surface area contributed by atoms with Crippen LogP contribution < -0.4 is 5.32 Å². The highest BCUT2D eigenvalue weighted by molar-refractivity contribution is 7.13. The van der Waals surface area contributed by atoms with E-state index in [-0.39, 0.29) is 5.91 Å². The molecule has 2 atom stereocenters. The number of thiazole rings is 1. The lowest BCUT2D eigenvalue weighted by Gasteiger charge is -2.34. The maximum atomic E-state index is 12.1. The summed E-state index contributed by atoms with van der Waals surface area (Å²) in [5.41, 5.74) is 1.43. The Labute approximate surface area is 140 Å². The molecule has 6 heteroatoms. The predicted molar refractivity (Wildman–Crippen MR) is 92.5 cm³/mol. The van der Waals surface area contributed by atoms with Gasteiger partial charge in [0.2, 0.25) is 0 Å². The van der Waals surface area contributed by atoms with Crippen molar-refractivity contribution in [1.29, 1.82) is 0 Å². The number of aromatic nitrogens is 2. The summed E-state index contributed by atoms with van der Waals surface area (Å²) in [6, 6.07) is 5.28. The Morgan fingerprint density at radius 2 is 2.13 bits per heavy atom. The van der Waals surface area contributed by atoms with Gasteiger partial charge < -0.3 is 0 Å². The van der Waals surface area contributed by atoms with Crippen LogP contribution in [0.4, 0.5) is 5.13 Å². The molecule has 0 radical (unpaired) electrons. The molecule has 1 aliphatic rings. The SMILES string of the molecule is CC1CC(C)CN(Cc2csc(NC(=O)c3ccccn3)n2)C1. The molecular formula is C17H22N4OS. The Hall–Kier alpha value is -1.79. The van der Waals surface area contributed by atoms with E-state index < -0.39 is 0 Å².